The average Bonchev–Trinajstić information content (AvgIpc) is 2.98. The molecule has 1 aromatic rings. The van der Waals surface area contributed by atoms with Crippen LogP contribution in [0.2, 0.25) is 0 Å². The topological polar surface area (TPSA) is 21.3 Å². The number of nitrogens with one attached hydrogen (secondary N) is 1. The standard InChI is InChI=1S/C18H27NO/c1-3-18(10-4-5-11-18)17(19-2)15-8-9-16-14(13-15)7-6-12-20-16/h8-9,13,17,19H,3-7,10-12H2,1-2H3. The summed E-state index contributed by atoms with van der Waals surface area (Å²) < 4.78 is 5.75. The van der Waals surface area contributed by atoms with Crippen molar-refractivity contribution < 1.29 is 4.74 Å². The third-order valence-corrected chi connectivity index (χ3v) is 5.47. The first-order valence-electron chi connectivity index (χ1n) is 8.22. The van der Waals surface area contributed by atoms with Gasteiger partial charge in [-0.15, -0.1) is 0 Å². The second-order valence-corrected chi connectivity index (χ2v) is 6.46. The predicted octanol–water partition coefficient (Wildman–Crippen LogP) is 4.24. The number of rotatable bonds is 4. The first kappa shape index (κ1) is 13.9. The molecule has 1 heterocycles. The van der Waals surface area contributed by atoms with E-state index in [2.05, 4.69) is 37.5 Å². The Kier molecular flexibility index (Phi) is 4.02. The Labute approximate surface area is 122 Å². The SMILES string of the molecule is CCC1(C(NC)c2ccc3c(c2)CCCO3)CCCC1. The lowest BCUT2D eigenvalue weighted by Crippen LogP contribution is -2.34. The van der Waals surface area contributed by atoms with E-state index in [1.165, 1.54) is 49.7 Å². The average molecular weight is 273 g/mol. The van der Waals surface area contributed by atoms with Crippen LogP contribution in [0.5, 0.6) is 5.75 Å². The Bertz CT molecular complexity index is 462. The summed E-state index contributed by atoms with van der Waals surface area (Å²) in [7, 11) is 2.12. The summed E-state index contributed by atoms with van der Waals surface area (Å²) in [5, 5.41) is 3.62. The summed E-state index contributed by atoms with van der Waals surface area (Å²) in [6.07, 6.45) is 9.09. The molecule has 1 unspecified atom stereocenters. The van der Waals surface area contributed by atoms with Gasteiger partial charge in [0.05, 0.1) is 6.61 Å². The highest BCUT2D eigenvalue weighted by Gasteiger charge is 2.39. The third-order valence-electron chi connectivity index (χ3n) is 5.47. The van der Waals surface area contributed by atoms with Crippen molar-refractivity contribution in [3.05, 3.63) is 29.3 Å². The lowest BCUT2D eigenvalue weighted by Gasteiger charge is -2.37. The van der Waals surface area contributed by atoms with Gasteiger partial charge in [0.2, 0.25) is 0 Å². The van der Waals surface area contributed by atoms with Gasteiger partial charge in [-0.1, -0.05) is 31.9 Å². The van der Waals surface area contributed by atoms with Crippen LogP contribution in [0.4, 0.5) is 0 Å². The first-order chi connectivity index (χ1) is 9.79. The van der Waals surface area contributed by atoms with E-state index in [1.54, 1.807) is 0 Å². The zero-order chi connectivity index (χ0) is 14.0. The van der Waals surface area contributed by atoms with E-state index in [-0.39, 0.29) is 0 Å². The molecule has 110 valence electrons. The Morgan fingerprint density at radius 1 is 1.25 bits per heavy atom. The minimum absolute atomic E-state index is 0.457. The fraction of sp³-hybridized carbons (Fsp3) is 0.667. The normalized spacial score (nSPS) is 22.1. The monoisotopic (exact) mass is 273 g/mol. The molecular formula is C18H27NO. The van der Waals surface area contributed by atoms with Gasteiger partial charge in [-0.3, -0.25) is 0 Å². The van der Waals surface area contributed by atoms with Crippen molar-refractivity contribution in [3.8, 4) is 5.75 Å². The second-order valence-electron chi connectivity index (χ2n) is 6.46. The van der Waals surface area contributed by atoms with Crippen LogP contribution in [-0.4, -0.2) is 13.7 Å². The molecule has 1 aliphatic carbocycles. The van der Waals surface area contributed by atoms with Gasteiger partial charge in [0.15, 0.2) is 0 Å². The fourth-order valence-electron chi connectivity index (χ4n) is 4.31. The third kappa shape index (κ3) is 2.35. The summed E-state index contributed by atoms with van der Waals surface area (Å²) in [6.45, 7) is 3.23. The van der Waals surface area contributed by atoms with Crippen LogP contribution in [0, 0.1) is 5.41 Å². The molecule has 2 nitrogen and oxygen atoms in total. The summed E-state index contributed by atoms with van der Waals surface area (Å²) >= 11 is 0. The zero-order valence-corrected chi connectivity index (χ0v) is 12.9. The van der Waals surface area contributed by atoms with Gasteiger partial charge in [-0.05, 0) is 61.8 Å². The van der Waals surface area contributed by atoms with Gasteiger partial charge in [0.25, 0.3) is 0 Å². The molecular weight excluding hydrogens is 246 g/mol. The van der Waals surface area contributed by atoms with Crippen molar-refractivity contribution in [2.75, 3.05) is 13.7 Å². The molecule has 20 heavy (non-hydrogen) atoms. The summed E-state index contributed by atoms with van der Waals surface area (Å²) in [4.78, 5) is 0. The van der Waals surface area contributed by atoms with Crippen LogP contribution in [-0.2, 0) is 6.42 Å². The smallest absolute Gasteiger partial charge is 0.122 e. The van der Waals surface area contributed by atoms with E-state index in [9.17, 15) is 0 Å². The summed E-state index contributed by atoms with van der Waals surface area (Å²) in [5.41, 5.74) is 3.32. The van der Waals surface area contributed by atoms with Crippen LogP contribution in [0.1, 0.15) is 62.6 Å². The highest BCUT2D eigenvalue weighted by Crippen LogP contribution is 2.50. The van der Waals surface area contributed by atoms with Crippen molar-refractivity contribution in [3.63, 3.8) is 0 Å². The van der Waals surface area contributed by atoms with Crippen molar-refractivity contribution in [2.24, 2.45) is 5.41 Å². The van der Waals surface area contributed by atoms with Crippen LogP contribution in [0.25, 0.3) is 0 Å². The lowest BCUT2D eigenvalue weighted by atomic mass is 9.73. The van der Waals surface area contributed by atoms with E-state index in [0.29, 0.717) is 11.5 Å². The first-order valence-corrected chi connectivity index (χ1v) is 8.22. The molecule has 1 aliphatic heterocycles. The quantitative estimate of drug-likeness (QED) is 0.886. The lowest BCUT2D eigenvalue weighted by molar-refractivity contribution is 0.195. The van der Waals surface area contributed by atoms with Gasteiger partial charge in [0, 0.05) is 6.04 Å². The zero-order valence-electron chi connectivity index (χ0n) is 12.9. The van der Waals surface area contributed by atoms with Crippen molar-refractivity contribution in [1.82, 2.24) is 5.32 Å². The van der Waals surface area contributed by atoms with Crippen LogP contribution < -0.4 is 10.1 Å². The van der Waals surface area contributed by atoms with Crippen LogP contribution in [0.15, 0.2) is 18.2 Å². The maximum Gasteiger partial charge on any atom is 0.122 e. The maximum absolute atomic E-state index is 5.75. The second kappa shape index (κ2) is 5.77. The molecule has 0 spiro atoms. The number of hydrogen-bond acceptors (Lipinski definition) is 2. The molecule has 0 radical (unpaired) electrons. The Morgan fingerprint density at radius 3 is 2.75 bits per heavy atom. The number of ether oxygens (including phenoxy) is 1. The van der Waals surface area contributed by atoms with Gasteiger partial charge >= 0.3 is 0 Å². The molecule has 1 atom stereocenters. The van der Waals surface area contributed by atoms with Gasteiger partial charge in [-0.25, -0.2) is 0 Å². The number of hydrogen-bond donors (Lipinski definition) is 1. The van der Waals surface area contributed by atoms with E-state index in [1.807, 2.05) is 0 Å². The molecule has 1 saturated carbocycles. The fourth-order valence-corrected chi connectivity index (χ4v) is 4.31. The molecule has 2 aliphatic rings. The number of benzene rings is 1. The molecule has 2 heteroatoms. The molecule has 0 saturated heterocycles. The molecule has 0 amide bonds. The van der Waals surface area contributed by atoms with Gasteiger partial charge < -0.3 is 10.1 Å². The van der Waals surface area contributed by atoms with Crippen molar-refractivity contribution in [2.45, 2.75) is 57.9 Å². The molecule has 0 bridgehead atoms. The van der Waals surface area contributed by atoms with Gasteiger partial charge in [-0.2, -0.15) is 0 Å². The highest BCUT2D eigenvalue weighted by molar-refractivity contribution is 5.40. The van der Waals surface area contributed by atoms with E-state index < -0.39 is 0 Å². The van der Waals surface area contributed by atoms with Crippen LogP contribution in [0.3, 0.4) is 0 Å². The van der Waals surface area contributed by atoms with Gasteiger partial charge in [0.1, 0.15) is 5.75 Å². The maximum atomic E-state index is 5.75. The Balaban J connectivity index is 1.92. The molecule has 1 aromatic carbocycles. The minimum atomic E-state index is 0.457. The molecule has 3 rings (SSSR count). The van der Waals surface area contributed by atoms with E-state index >= 15 is 0 Å². The highest BCUT2D eigenvalue weighted by atomic mass is 16.5. The Hall–Kier alpha value is -1.02. The molecule has 0 aromatic heterocycles. The van der Waals surface area contributed by atoms with Crippen molar-refractivity contribution in [1.29, 1.82) is 0 Å². The van der Waals surface area contributed by atoms with Crippen LogP contribution >= 0.6 is 0 Å². The van der Waals surface area contributed by atoms with E-state index in [0.717, 1.165) is 18.8 Å². The molecule has 1 fully saturated rings. The Morgan fingerprint density at radius 2 is 2.05 bits per heavy atom. The van der Waals surface area contributed by atoms with E-state index in [4.69, 9.17) is 4.74 Å². The minimum Gasteiger partial charge on any atom is -0.493 e. The number of fused-ring (bicyclic) bond motifs is 1. The predicted molar refractivity (Wildman–Crippen MR) is 83.3 cm³/mol. The number of aryl methyl sites for hydroxylation is 1. The largest absolute Gasteiger partial charge is 0.493 e. The summed E-state index contributed by atoms with van der Waals surface area (Å²) in [5.74, 6) is 1.10. The molecule has 1 N–H and O–H groups in total. The van der Waals surface area contributed by atoms with Crippen molar-refractivity contribution >= 4 is 0 Å². The summed E-state index contributed by atoms with van der Waals surface area (Å²) in [6, 6.07) is 7.35.